The first-order valence-electron chi connectivity index (χ1n) is 10.5. The number of likely N-dealkylation sites (tertiary alicyclic amines) is 1. The van der Waals surface area contributed by atoms with E-state index in [-0.39, 0.29) is 23.5 Å². The van der Waals surface area contributed by atoms with Crippen LogP contribution in [0.1, 0.15) is 39.1 Å². The summed E-state index contributed by atoms with van der Waals surface area (Å²) in [6.45, 7) is 0.988. The van der Waals surface area contributed by atoms with Crippen LogP contribution in [0, 0.1) is 5.92 Å². The van der Waals surface area contributed by atoms with Gasteiger partial charge in [-0.2, -0.15) is 0 Å². The fourth-order valence-electron chi connectivity index (χ4n) is 4.49. The molecule has 1 heterocycles. The number of hydrogen-bond acceptors (Lipinski definition) is 3. The number of carbonyl (C=O) groups is 3. The van der Waals surface area contributed by atoms with Crippen LogP contribution >= 0.6 is 0 Å². The normalized spacial score (nSPS) is 17.1. The molecule has 1 atom stereocenters. The summed E-state index contributed by atoms with van der Waals surface area (Å²) in [4.78, 5) is 40.4. The molecule has 0 aromatic heterocycles. The van der Waals surface area contributed by atoms with Crippen molar-refractivity contribution in [2.24, 2.45) is 5.92 Å². The number of nitrogens with zero attached hydrogens (tertiary/aromatic N) is 1. The molecule has 2 aliphatic rings. The molecule has 5 nitrogen and oxygen atoms in total. The molecule has 3 aromatic carbocycles. The van der Waals surface area contributed by atoms with Crippen LogP contribution in [0.25, 0.3) is 11.1 Å². The Bertz CT molecular complexity index is 1190. The smallest absolute Gasteiger partial charge is 0.253 e. The maximum absolute atomic E-state index is 13.2. The Balaban J connectivity index is 1.33. The Morgan fingerprint density at radius 2 is 1.55 bits per heavy atom. The SMILES string of the molecule is O=C1c2ccccc2-c2ccc(C(=O)N3CCCC(C(=O)Nc4ccccc4)C3)cc21. The Kier molecular flexibility index (Phi) is 4.86. The van der Waals surface area contributed by atoms with Gasteiger partial charge in [-0.05, 0) is 48.2 Å². The molecule has 31 heavy (non-hydrogen) atoms. The van der Waals surface area contributed by atoms with Gasteiger partial charge in [-0.3, -0.25) is 14.4 Å². The number of amides is 2. The molecular formula is C26H22N2O3. The number of piperidine rings is 1. The summed E-state index contributed by atoms with van der Waals surface area (Å²) < 4.78 is 0. The lowest BCUT2D eigenvalue weighted by Crippen LogP contribution is -2.43. The van der Waals surface area contributed by atoms with Gasteiger partial charge in [0.15, 0.2) is 5.78 Å². The van der Waals surface area contributed by atoms with E-state index in [1.54, 1.807) is 17.0 Å². The van der Waals surface area contributed by atoms with Crippen molar-refractivity contribution >= 4 is 23.3 Å². The Hall–Kier alpha value is -3.73. The number of benzene rings is 3. The standard InChI is InChI=1S/C26H22N2O3/c29-24-22-11-5-4-10-20(22)21-13-12-17(15-23(21)24)26(31)28-14-6-7-18(16-28)25(30)27-19-8-2-1-3-9-19/h1-5,8-13,15,18H,6-7,14,16H2,(H,27,30). The van der Waals surface area contributed by atoms with Gasteiger partial charge in [0.25, 0.3) is 5.91 Å². The van der Waals surface area contributed by atoms with Crippen molar-refractivity contribution in [3.8, 4) is 11.1 Å². The van der Waals surface area contributed by atoms with E-state index >= 15 is 0 Å². The van der Waals surface area contributed by atoms with Gasteiger partial charge < -0.3 is 10.2 Å². The first-order valence-corrected chi connectivity index (χ1v) is 10.5. The molecule has 0 saturated carbocycles. The summed E-state index contributed by atoms with van der Waals surface area (Å²) in [6, 6.07) is 22.2. The number of fused-ring (bicyclic) bond motifs is 3. The van der Waals surface area contributed by atoms with E-state index in [1.165, 1.54) is 0 Å². The second-order valence-electron chi connectivity index (χ2n) is 8.08. The third-order valence-corrected chi connectivity index (χ3v) is 6.09. The fraction of sp³-hybridized carbons (Fsp3) is 0.192. The lowest BCUT2D eigenvalue weighted by Gasteiger charge is -2.32. The molecule has 1 aliphatic heterocycles. The zero-order valence-corrected chi connectivity index (χ0v) is 17.0. The van der Waals surface area contributed by atoms with Crippen molar-refractivity contribution in [3.05, 3.63) is 89.5 Å². The first kappa shape index (κ1) is 19.2. The van der Waals surface area contributed by atoms with Crippen molar-refractivity contribution in [1.29, 1.82) is 0 Å². The van der Waals surface area contributed by atoms with Crippen LogP contribution in [0.3, 0.4) is 0 Å². The zero-order chi connectivity index (χ0) is 21.4. The minimum absolute atomic E-state index is 0.0426. The molecule has 0 radical (unpaired) electrons. The molecule has 5 rings (SSSR count). The molecule has 154 valence electrons. The quantitative estimate of drug-likeness (QED) is 0.545. The van der Waals surface area contributed by atoms with Crippen LogP contribution in [0.4, 0.5) is 5.69 Å². The third kappa shape index (κ3) is 3.52. The second-order valence-corrected chi connectivity index (χ2v) is 8.08. The van der Waals surface area contributed by atoms with E-state index in [9.17, 15) is 14.4 Å². The minimum Gasteiger partial charge on any atom is -0.338 e. The molecule has 1 unspecified atom stereocenters. The van der Waals surface area contributed by atoms with Crippen LogP contribution in [0.2, 0.25) is 0 Å². The molecule has 0 bridgehead atoms. The molecule has 1 saturated heterocycles. The van der Waals surface area contributed by atoms with Gasteiger partial charge in [-0.25, -0.2) is 0 Å². The second kappa shape index (κ2) is 7.84. The van der Waals surface area contributed by atoms with Crippen molar-refractivity contribution in [2.75, 3.05) is 18.4 Å². The van der Waals surface area contributed by atoms with Crippen LogP contribution in [-0.2, 0) is 4.79 Å². The predicted octanol–water partition coefficient (Wildman–Crippen LogP) is 4.39. The predicted molar refractivity (Wildman–Crippen MR) is 119 cm³/mol. The molecular weight excluding hydrogens is 388 g/mol. The van der Waals surface area contributed by atoms with Crippen LogP contribution in [0.15, 0.2) is 72.8 Å². The Labute approximate surface area is 180 Å². The van der Waals surface area contributed by atoms with Gasteiger partial charge in [-0.1, -0.05) is 48.5 Å². The van der Waals surface area contributed by atoms with Crippen molar-refractivity contribution < 1.29 is 14.4 Å². The van der Waals surface area contributed by atoms with E-state index in [0.29, 0.717) is 29.8 Å². The van der Waals surface area contributed by atoms with Crippen LogP contribution < -0.4 is 5.32 Å². The van der Waals surface area contributed by atoms with Gasteiger partial charge in [0.1, 0.15) is 0 Å². The highest BCUT2D eigenvalue weighted by atomic mass is 16.2. The summed E-state index contributed by atoms with van der Waals surface area (Å²) in [5.41, 5.74) is 4.28. The first-order chi connectivity index (χ1) is 15.1. The molecule has 1 fully saturated rings. The lowest BCUT2D eigenvalue weighted by atomic mass is 9.95. The highest BCUT2D eigenvalue weighted by Gasteiger charge is 2.31. The van der Waals surface area contributed by atoms with Gasteiger partial charge in [-0.15, -0.1) is 0 Å². The summed E-state index contributed by atoms with van der Waals surface area (Å²) in [6.07, 6.45) is 1.52. The van der Waals surface area contributed by atoms with E-state index < -0.39 is 0 Å². The Morgan fingerprint density at radius 3 is 2.35 bits per heavy atom. The number of rotatable bonds is 3. The average Bonchev–Trinajstić information content (AvgIpc) is 3.11. The van der Waals surface area contributed by atoms with E-state index in [4.69, 9.17) is 0 Å². The van der Waals surface area contributed by atoms with Gasteiger partial charge >= 0.3 is 0 Å². The molecule has 3 aromatic rings. The van der Waals surface area contributed by atoms with Gasteiger partial charge in [0.05, 0.1) is 5.92 Å². The van der Waals surface area contributed by atoms with Crippen molar-refractivity contribution in [3.63, 3.8) is 0 Å². The van der Waals surface area contributed by atoms with E-state index in [0.717, 1.165) is 29.7 Å². The largest absolute Gasteiger partial charge is 0.338 e. The molecule has 5 heteroatoms. The zero-order valence-electron chi connectivity index (χ0n) is 17.0. The number of nitrogens with one attached hydrogen (secondary N) is 1. The minimum atomic E-state index is -0.252. The number of ketones is 1. The fourth-order valence-corrected chi connectivity index (χ4v) is 4.49. The topological polar surface area (TPSA) is 66.5 Å². The summed E-state index contributed by atoms with van der Waals surface area (Å²) in [7, 11) is 0. The third-order valence-electron chi connectivity index (χ3n) is 6.09. The summed E-state index contributed by atoms with van der Waals surface area (Å²) in [5.74, 6) is -0.496. The molecule has 1 aliphatic carbocycles. The highest BCUT2D eigenvalue weighted by molar-refractivity contribution is 6.22. The van der Waals surface area contributed by atoms with E-state index in [2.05, 4.69) is 5.32 Å². The van der Waals surface area contributed by atoms with Crippen LogP contribution in [0.5, 0.6) is 0 Å². The van der Waals surface area contributed by atoms with Crippen LogP contribution in [-0.4, -0.2) is 35.6 Å². The Morgan fingerprint density at radius 1 is 0.839 bits per heavy atom. The van der Waals surface area contributed by atoms with Crippen molar-refractivity contribution in [2.45, 2.75) is 12.8 Å². The monoisotopic (exact) mass is 410 g/mol. The van der Waals surface area contributed by atoms with Gasteiger partial charge in [0.2, 0.25) is 5.91 Å². The number of anilines is 1. The molecule has 0 spiro atoms. The van der Waals surface area contributed by atoms with E-state index in [1.807, 2.05) is 60.7 Å². The number of para-hydroxylation sites is 1. The van der Waals surface area contributed by atoms with Crippen molar-refractivity contribution in [1.82, 2.24) is 4.90 Å². The summed E-state index contributed by atoms with van der Waals surface area (Å²) in [5, 5.41) is 2.94. The molecule has 2 amide bonds. The average molecular weight is 410 g/mol. The number of carbonyl (C=O) groups excluding carboxylic acids is 3. The number of hydrogen-bond donors (Lipinski definition) is 1. The summed E-state index contributed by atoms with van der Waals surface area (Å²) >= 11 is 0. The van der Waals surface area contributed by atoms with Gasteiger partial charge in [0, 0.05) is 35.5 Å². The maximum atomic E-state index is 13.2. The molecule has 1 N–H and O–H groups in total. The maximum Gasteiger partial charge on any atom is 0.253 e. The lowest BCUT2D eigenvalue weighted by molar-refractivity contribution is -0.121. The highest BCUT2D eigenvalue weighted by Crippen LogP contribution is 2.37.